The van der Waals surface area contributed by atoms with Gasteiger partial charge in [0.05, 0.1) is 12.0 Å². The van der Waals surface area contributed by atoms with Gasteiger partial charge in [0.1, 0.15) is 0 Å². The number of hydrogen-bond donors (Lipinski definition) is 0. The molecule has 2 nitrogen and oxygen atoms in total. The van der Waals surface area contributed by atoms with Crippen molar-refractivity contribution in [3.8, 4) is 0 Å². The Balaban J connectivity index is 2.05. The number of rotatable bonds is 0. The maximum atomic E-state index is 11.7. The van der Waals surface area contributed by atoms with E-state index < -0.39 is 0 Å². The fourth-order valence-electron chi connectivity index (χ4n) is 3.36. The molecule has 0 aromatic carbocycles. The number of ether oxygens (including phenoxy) is 1. The largest absolute Gasteiger partial charge is 0.465 e. The Hall–Kier alpha value is -0.790. The Morgan fingerprint density at radius 2 is 2.38 bits per heavy atom. The molecule has 2 bridgehead atoms. The summed E-state index contributed by atoms with van der Waals surface area (Å²) < 4.78 is 5.19. The molecule has 4 fully saturated rings. The summed E-state index contributed by atoms with van der Waals surface area (Å²) >= 11 is 0. The van der Waals surface area contributed by atoms with Gasteiger partial charge < -0.3 is 4.74 Å². The van der Waals surface area contributed by atoms with Crippen LogP contribution in [0.5, 0.6) is 0 Å². The number of fused-ring (bicyclic) bond motifs is 2. The van der Waals surface area contributed by atoms with Gasteiger partial charge in [0.2, 0.25) is 0 Å². The molecule has 0 radical (unpaired) electrons. The Morgan fingerprint density at radius 3 is 3.15 bits per heavy atom. The summed E-state index contributed by atoms with van der Waals surface area (Å²) in [6.45, 7) is 4.75. The van der Waals surface area contributed by atoms with Gasteiger partial charge in [0, 0.05) is 5.92 Å². The van der Waals surface area contributed by atoms with Crippen molar-refractivity contribution in [2.45, 2.75) is 25.7 Å². The molecule has 70 valence electrons. The molecule has 0 aromatic heterocycles. The lowest BCUT2D eigenvalue weighted by Crippen LogP contribution is -2.44. The van der Waals surface area contributed by atoms with Crippen LogP contribution < -0.4 is 0 Å². The van der Waals surface area contributed by atoms with Crippen LogP contribution in [0, 0.1) is 17.3 Å². The van der Waals surface area contributed by atoms with Crippen LogP contribution in [0.2, 0.25) is 0 Å². The van der Waals surface area contributed by atoms with E-state index in [0.717, 1.165) is 25.7 Å². The van der Waals surface area contributed by atoms with Gasteiger partial charge in [-0.3, -0.25) is 4.79 Å². The lowest BCUT2D eigenvalue weighted by Gasteiger charge is -2.46. The lowest BCUT2D eigenvalue weighted by atomic mass is 9.55. The number of carbonyl (C=O) groups is 1. The van der Waals surface area contributed by atoms with Crippen LogP contribution in [0.25, 0.3) is 0 Å². The van der Waals surface area contributed by atoms with Crippen LogP contribution in [0.3, 0.4) is 0 Å². The lowest BCUT2D eigenvalue weighted by molar-refractivity contribution is -0.148. The minimum absolute atomic E-state index is 0.0526. The van der Waals surface area contributed by atoms with Crippen LogP contribution >= 0.6 is 0 Å². The minimum Gasteiger partial charge on any atom is -0.465 e. The van der Waals surface area contributed by atoms with Crippen molar-refractivity contribution in [3.05, 3.63) is 12.2 Å². The highest BCUT2D eigenvalue weighted by atomic mass is 16.5. The molecular weight excluding hydrogens is 164 g/mol. The van der Waals surface area contributed by atoms with Gasteiger partial charge >= 0.3 is 5.97 Å². The summed E-state index contributed by atoms with van der Waals surface area (Å²) in [5.41, 5.74) is 1.16. The van der Waals surface area contributed by atoms with Crippen LogP contribution in [0.15, 0.2) is 12.2 Å². The van der Waals surface area contributed by atoms with Crippen LogP contribution in [-0.2, 0) is 9.53 Å². The Kier molecular flexibility index (Phi) is 1.27. The number of hydrogen-bond acceptors (Lipinski definition) is 2. The molecule has 0 unspecified atom stereocenters. The van der Waals surface area contributed by atoms with Gasteiger partial charge in [-0.15, -0.1) is 0 Å². The van der Waals surface area contributed by atoms with Gasteiger partial charge in [0.25, 0.3) is 0 Å². The highest BCUT2D eigenvalue weighted by Gasteiger charge is 2.58. The van der Waals surface area contributed by atoms with Gasteiger partial charge in [-0.25, -0.2) is 0 Å². The first-order chi connectivity index (χ1) is 6.22. The molecule has 3 atom stereocenters. The molecule has 0 amide bonds. The second kappa shape index (κ2) is 2.17. The van der Waals surface area contributed by atoms with E-state index in [4.69, 9.17) is 4.74 Å². The molecule has 1 heterocycles. The molecule has 3 saturated carbocycles. The second-order valence-corrected chi connectivity index (χ2v) is 4.76. The Bertz CT molecular complexity index is 294. The second-order valence-electron chi connectivity index (χ2n) is 4.76. The maximum Gasteiger partial charge on any atom is 0.312 e. The van der Waals surface area contributed by atoms with Crippen molar-refractivity contribution in [2.24, 2.45) is 17.3 Å². The van der Waals surface area contributed by atoms with Crippen molar-refractivity contribution < 1.29 is 9.53 Å². The van der Waals surface area contributed by atoms with Crippen molar-refractivity contribution >= 4 is 5.97 Å². The number of cyclic esters (lactones) is 1. The molecule has 1 aliphatic heterocycles. The molecule has 1 saturated heterocycles. The number of carbonyl (C=O) groups excluding carboxylic acids is 1. The van der Waals surface area contributed by atoms with Crippen molar-refractivity contribution in [1.82, 2.24) is 0 Å². The fourth-order valence-corrected chi connectivity index (χ4v) is 3.36. The molecule has 13 heavy (non-hydrogen) atoms. The Labute approximate surface area is 78.0 Å². The fraction of sp³-hybridized carbons (Fsp3) is 0.727. The Morgan fingerprint density at radius 1 is 1.54 bits per heavy atom. The number of esters is 1. The molecule has 4 aliphatic rings. The number of allylic oxidation sites excluding steroid dienone is 1. The van der Waals surface area contributed by atoms with Gasteiger partial charge in [0.15, 0.2) is 0 Å². The zero-order valence-corrected chi connectivity index (χ0v) is 7.71. The van der Waals surface area contributed by atoms with Gasteiger partial charge in [-0.1, -0.05) is 12.2 Å². The topological polar surface area (TPSA) is 26.3 Å². The van der Waals surface area contributed by atoms with E-state index in [1.54, 1.807) is 0 Å². The average molecular weight is 178 g/mol. The van der Waals surface area contributed by atoms with E-state index in [1.165, 1.54) is 5.57 Å². The normalized spacial score (nSPS) is 47.7. The maximum absolute atomic E-state index is 11.7. The first kappa shape index (κ1) is 7.60. The molecule has 0 aromatic rings. The standard InChI is InChI=1S/C11H14O2/c1-7-5-11-3-2-8(7)4-9(11)6-13-10(11)12/h8-9H,1-6H2/t8-,9-,11+/m0/s1. The quantitative estimate of drug-likeness (QED) is 0.418. The predicted octanol–water partition coefficient (Wildman–Crippen LogP) is 1.91. The minimum atomic E-state index is -0.133. The van der Waals surface area contributed by atoms with Crippen LogP contribution in [0.4, 0.5) is 0 Å². The summed E-state index contributed by atoms with van der Waals surface area (Å²) in [7, 11) is 0. The van der Waals surface area contributed by atoms with Crippen molar-refractivity contribution in [3.63, 3.8) is 0 Å². The highest BCUT2D eigenvalue weighted by Crippen LogP contribution is 2.58. The zero-order chi connectivity index (χ0) is 9.05. The third-order valence-electron chi connectivity index (χ3n) is 4.23. The monoisotopic (exact) mass is 178 g/mol. The van der Waals surface area contributed by atoms with E-state index >= 15 is 0 Å². The van der Waals surface area contributed by atoms with E-state index in [-0.39, 0.29) is 11.4 Å². The third kappa shape index (κ3) is 0.767. The molecule has 2 heteroatoms. The SMILES string of the molecule is C=C1C[C@]23CC[C@H]1C[C@H]2COC3=O. The first-order valence-electron chi connectivity index (χ1n) is 5.07. The van der Waals surface area contributed by atoms with Crippen LogP contribution in [-0.4, -0.2) is 12.6 Å². The zero-order valence-electron chi connectivity index (χ0n) is 7.71. The van der Waals surface area contributed by atoms with Gasteiger partial charge in [-0.2, -0.15) is 0 Å². The van der Waals surface area contributed by atoms with Gasteiger partial charge in [-0.05, 0) is 31.6 Å². The summed E-state index contributed by atoms with van der Waals surface area (Å²) in [5, 5.41) is 0. The van der Waals surface area contributed by atoms with E-state index in [0.29, 0.717) is 18.4 Å². The van der Waals surface area contributed by atoms with E-state index in [1.807, 2.05) is 0 Å². The average Bonchev–Trinajstić information content (AvgIpc) is 2.44. The summed E-state index contributed by atoms with van der Waals surface area (Å²) in [6, 6.07) is 0. The smallest absolute Gasteiger partial charge is 0.312 e. The summed E-state index contributed by atoms with van der Waals surface area (Å²) in [6.07, 6.45) is 4.25. The molecule has 3 aliphatic carbocycles. The van der Waals surface area contributed by atoms with Crippen molar-refractivity contribution in [1.29, 1.82) is 0 Å². The van der Waals surface area contributed by atoms with Crippen molar-refractivity contribution in [2.75, 3.05) is 6.61 Å². The molecular formula is C11H14O2. The molecule has 1 spiro atoms. The van der Waals surface area contributed by atoms with E-state index in [2.05, 4.69) is 6.58 Å². The predicted molar refractivity (Wildman–Crippen MR) is 48.0 cm³/mol. The summed E-state index contributed by atoms with van der Waals surface area (Å²) in [5.74, 6) is 1.24. The third-order valence-corrected chi connectivity index (χ3v) is 4.23. The molecule has 4 rings (SSSR count). The summed E-state index contributed by atoms with van der Waals surface area (Å²) in [4.78, 5) is 11.7. The first-order valence-corrected chi connectivity index (χ1v) is 5.07. The molecule has 0 N–H and O–H groups in total. The highest BCUT2D eigenvalue weighted by molar-refractivity contribution is 5.80. The van der Waals surface area contributed by atoms with E-state index in [9.17, 15) is 4.79 Å². The van der Waals surface area contributed by atoms with Crippen LogP contribution in [0.1, 0.15) is 25.7 Å².